The molecule has 0 radical (unpaired) electrons. The van der Waals surface area contributed by atoms with Crippen LogP contribution in [0, 0.1) is 0 Å². The highest BCUT2D eigenvalue weighted by Crippen LogP contribution is 2.23. The molecule has 0 aromatic heterocycles. The van der Waals surface area contributed by atoms with Crippen molar-refractivity contribution in [3.8, 4) is 0 Å². The average Bonchev–Trinajstić information content (AvgIpc) is 2.40. The molecular formula is C15H28O7. The molecule has 1 aliphatic rings. The molecule has 6 atom stereocenters. The molecule has 1 fully saturated rings. The molecule has 0 aromatic rings. The van der Waals surface area contributed by atoms with Gasteiger partial charge in [0, 0.05) is 6.42 Å². The molecule has 1 heterocycles. The van der Waals surface area contributed by atoms with Crippen molar-refractivity contribution in [3.63, 3.8) is 0 Å². The fourth-order valence-electron chi connectivity index (χ4n) is 2.48. The van der Waals surface area contributed by atoms with E-state index in [1.54, 1.807) is 6.92 Å². The Morgan fingerprint density at radius 1 is 1.27 bits per heavy atom. The number of ether oxygens (including phenoxy) is 2. The molecule has 4 N–H and O–H groups in total. The Labute approximate surface area is 130 Å². The summed E-state index contributed by atoms with van der Waals surface area (Å²) >= 11 is 0. The van der Waals surface area contributed by atoms with Crippen LogP contribution in [0.2, 0.25) is 0 Å². The first-order valence-corrected chi connectivity index (χ1v) is 7.86. The molecule has 0 spiro atoms. The third-order valence-electron chi connectivity index (χ3n) is 3.86. The van der Waals surface area contributed by atoms with Gasteiger partial charge in [0.15, 0.2) is 6.29 Å². The van der Waals surface area contributed by atoms with Crippen LogP contribution in [0.3, 0.4) is 0 Å². The predicted molar refractivity (Wildman–Crippen MR) is 78.2 cm³/mol. The van der Waals surface area contributed by atoms with Crippen molar-refractivity contribution in [2.24, 2.45) is 0 Å². The summed E-state index contributed by atoms with van der Waals surface area (Å²) in [6.07, 6.45) is -0.866. The Balaban J connectivity index is 2.18. The van der Waals surface area contributed by atoms with Crippen LogP contribution in [0.25, 0.3) is 0 Å². The Bertz CT molecular complexity index is 336. The minimum absolute atomic E-state index is 0.126. The molecule has 22 heavy (non-hydrogen) atoms. The zero-order chi connectivity index (χ0) is 16.7. The van der Waals surface area contributed by atoms with Crippen LogP contribution in [0.4, 0.5) is 0 Å². The van der Waals surface area contributed by atoms with E-state index in [0.717, 1.165) is 12.8 Å². The summed E-state index contributed by atoms with van der Waals surface area (Å²) in [5.41, 5.74) is 0. The molecule has 1 saturated heterocycles. The number of carboxylic acid groups (broad SMARTS) is 1. The Hall–Kier alpha value is -0.730. The van der Waals surface area contributed by atoms with Crippen LogP contribution in [0.5, 0.6) is 0 Å². The number of unbranched alkanes of at least 4 members (excludes halogenated alkanes) is 1. The highest BCUT2D eigenvalue weighted by molar-refractivity contribution is 5.67. The first kappa shape index (κ1) is 19.3. The number of carboxylic acids is 1. The van der Waals surface area contributed by atoms with Crippen molar-refractivity contribution in [3.05, 3.63) is 0 Å². The number of carbonyl (C=O) groups is 1. The highest BCUT2D eigenvalue weighted by Gasteiger charge is 2.35. The second-order valence-corrected chi connectivity index (χ2v) is 6.06. The van der Waals surface area contributed by atoms with Crippen LogP contribution in [-0.4, -0.2) is 63.2 Å². The lowest BCUT2D eigenvalue weighted by atomic mass is 10.0. The number of aliphatic hydroxyl groups is 3. The van der Waals surface area contributed by atoms with Gasteiger partial charge < -0.3 is 29.9 Å². The van der Waals surface area contributed by atoms with E-state index in [-0.39, 0.29) is 25.0 Å². The predicted octanol–water partition coefficient (Wildman–Crippen LogP) is 0.644. The van der Waals surface area contributed by atoms with Gasteiger partial charge in [0.1, 0.15) is 6.10 Å². The molecule has 0 aliphatic carbocycles. The molecule has 130 valence electrons. The van der Waals surface area contributed by atoms with Crippen molar-refractivity contribution in [2.75, 3.05) is 0 Å². The zero-order valence-electron chi connectivity index (χ0n) is 13.2. The zero-order valence-corrected chi connectivity index (χ0v) is 13.2. The lowest BCUT2D eigenvalue weighted by molar-refractivity contribution is -0.273. The number of rotatable bonds is 9. The molecule has 0 amide bonds. The third-order valence-corrected chi connectivity index (χ3v) is 3.86. The Kier molecular flexibility index (Phi) is 8.27. The molecule has 6 unspecified atom stereocenters. The molecule has 1 aliphatic heterocycles. The molecule has 7 nitrogen and oxygen atoms in total. The summed E-state index contributed by atoms with van der Waals surface area (Å²) in [5, 5.41) is 37.4. The van der Waals surface area contributed by atoms with E-state index < -0.39 is 30.6 Å². The minimum atomic E-state index is -0.996. The lowest BCUT2D eigenvalue weighted by Gasteiger charge is -2.36. The van der Waals surface area contributed by atoms with Crippen LogP contribution in [0.1, 0.15) is 52.4 Å². The maximum absolute atomic E-state index is 10.4. The van der Waals surface area contributed by atoms with Gasteiger partial charge in [-0.05, 0) is 26.7 Å². The summed E-state index contributed by atoms with van der Waals surface area (Å²) < 4.78 is 11.1. The first-order valence-electron chi connectivity index (χ1n) is 7.86. The SMILES string of the molecule is CC(CCCCC(O)CC(=O)O)OC1OC(C)C(O)CC1O. The van der Waals surface area contributed by atoms with E-state index in [1.165, 1.54) is 0 Å². The second-order valence-electron chi connectivity index (χ2n) is 6.06. The van der Waals surface area contributed by atoms with Gasteiger partial charge in [-0.15, -0.1) is 0 Å². The summed E-state index contributed by atoms with van der Waals surface area (Å²) in [6, 6.07) is 0. The molecular weight excluding hydrogens is 292 g/mol. The van der Waals surface area contributed by atoms with E-state index in [9.17, 15) is 20.1 Å². The third kappa shape index (κ3) is 7.02. The normalized spacial score (nSPS) is 31.7. The monoisotopic (exact) mass is 320 g/mol. The molecule has 1 rings (SSSR count). The van der Waals surface area contributed by atoms with Gasteiger partial charge in [-0.1, -0.05) is 12.8 Å². The molecule has 0 saturated carbocycles. The van der Waals surface area contributed by atoms with E-state index in [4.69, 9.17) is 14.6 Å². The smallest absolute Gasteiger partial charge is 0.305 e. The standard InChI is InChI=1S/C15H28O7/c1-9(5-3-4-6-11(16)7-14(19)20)21-15-13(18)8-12(17)10(2)22-15/h9-13,15-18H,3-8H2,1-2H3,(H,19,20). The summed E-state index contributed by atoms with van der Waals surface area (Å²) in [7, 11) is 0. The van der Waals surface area contributed by atoms with Gasteiger partial charge in [0.05, 0.1) is 30.8 Å². The topological polar surface area (TPSA) is 116 Å². The van der Waals surface area contributed by atoms with Crippen molar-refractivity contribution in [1.82, 2.24) is 0 Å². The Morgan fingerprint density at radius 3 is 2.55 bits per heavy atom. The maximum atomic E-state index is 10.4. The van der Waals surface area contributed by atoms with Crippen LogP contribution >= 0.6 is 0 Å². The molecule has 0 aromatic carbocycles. The Morgan fingerprint density at radius 2 is 1.91 bits per heavy atom. The van der Waals surface area contributed by atoms with Gasteiger partial charge in [-0.3, -0.25) is 4.79 Å². The van der Waals surface area contributed by atoms with E-state index in [2.05, 4.69) is 0 Å². The number of hydrogen-bond acceptors (Lipinski definition) is 6. The van der Waals surface area contributed by atoms with Gasteiger partial charge in [0.25, 0.3) is 0 Å². The lowest BCUT2D eigenvalue weighted by Crippen LogP contribution is -2.48. The van der Waals surface area contributed by atoms with E-state index >= 15 is 0 Å². The summed E-state index contributed by atoms with van der Waals surface area (Å²) in [6.45, 7) is 3.61. The van der Waals surface area contributed by atoms with E-state index in [0.29, 0.717) is 12.8 Å². The molecule has 0 bridgehead atoms. The quantitative estimate of drug-likeness (QED) is 0.461. The number of aliphatic hydroxyl groups excluding tert-OH is 3. The minimum Gasteiger partial charge on any atom is -0.481 e. The van der Waals surface area contributed by atoms with Crippen LogP contribution in [0.15, 0.2) is 0 Å². The second kappa shape index (κ2) is 9.42. The largest absolute Gasteiger partial charge is 0.481 e. The highest BCUT2D eigenvalue weighted by atomic mass is 16.7. The van der Waals surface area contributed by atoms with Crippen LogP contribution < -0.4 is 0 Å². The van der Waals surface area contributed by atoms with E-state index in [1.807, 2.05) is 6.92 Å². The van der Waals surface area contributed by atoms with Gasteiger partial charge in [0.2, 0.25) is 0 Å². The van der Waals surface area contributed by atoms with Crippen molar-refractivity contribution >= 4 is 5.97 Å². The number of aliphatic carboxylic acids is 1. The van der Waals surface area contributed by atoms with Crippen LogP contribution in [-0.2, 0) is 14.3 Å². The first-order chi connectivity index (χ1) is 10.3. The fraction of sp³-hybridized carbons (Fsp3) is 0.933. The molecule has 7 heteroatoms. The average molecular weight is 320 g/mol. The maximum Gasteiger partial charge on any atom is 0.305 e. The van der Waals surface area contributed by atoms with Crippen molar-refractivity contribution in [1.29, 1.82) is 0 Å². The van der Waals surface area contributed by atoms with Crippen molar-refractivity contribution < 1.29 is 34.7 Å². The van der Waals surface area contributed by atoms with Gasteiger partial charge in [-0.2, -0.15) is 0 Å². The summed E-state index contributed by atoms with van der Waals surface area (Å²) in [4.78, 5) is 10.4. The summed E-state index contributed by atoms with van der Waals surface area (Å²) in [5.74, 6) is -0.996. The van der Waals surface area contributed by atoms with Gasteiger partial charge in [-0.25, -0.2) is 0 Å². The van der Waals surface area contributed by atoms with Gasteiger partial charge >= 0.3 is 5.97 Å². The van der Waals surface area contributed by atoms with Crippen molar-refractivity contribution in [2.45, 2.75) is 89.2 Å². The number of hydrogen-bond donors (Lipinski definition) is 4. The fourth-order valence-corrected chi connectivity index (χ4v) is 2.48.